The summed E-state index contributed by atoms with van der Waals surface area (Å²) >= 11 is 0. The minimum absolute atomic E-state index is 0.00127. The number of aromatic nitrogens is 2. The molecule has 0 radical (unpaired) electrons. The number of likely N-dealkylation sites (N-methyl/N-ethyl adjacent to an activating group) is 2. The Hall–Kier alpha value is -2.18. The molecule has 2 aromatic rings. The molecule has 1 unspecified atom stereocenters. The first-order valence-corrected chi connectivity index (χ1v) is 7.79. The highest BCUT2D eigenvalue weighted by molar-refractivity contribution is 6.00. The van der Waals surface area contributed by atoms with Gasteiger partial charge in [0, 0.05) is 44.0 Å². The lowest BCUT2D eigenvalue weighted by Crippen LogP contribution is -2.46. The first-order chi connectivity index (χ1) is 11.1. The lowest BCUT2D eigenvalue weighted by Gasteiger charge is -2.32. The van der Waals surface area contributed by atoms with E-state index >= 15 is 0 Å². The van der Waals surface area contributed by atoms with Crippen molar-refractivity contribution in [2.75, 3.05) is 40.3 Å². The van der Waals surface area contributed by atoms with Crippen LogP contribution in [-0.2, 0) is 4.74 Å². The van der Waals surface area contributed by atoms with Crippen molar-refractivity contribution >= 4 is 5.91 Å². The molecule has 1 atom stereocenters. The van der Waals surface area contributed by atoms with E-state index in [1.165, 1.54) is 0 Å². The number of hydrogen-bond acceptors (Lipinski definition) is 4. The van der Waals surface area contributed by atoms with E-state index in [-0.39, 0.29) is 12.0 Å². The van der Waals surface area contributed by atoms with Crippen LogP contribution in [-0.4, -0.2) is 72.3 Å². The van der Waals surface area contributed by atoms with Crippen molar-refractivity contribution in [2.45, 2.75) is 6.10 Å². The number of carbonyl (C=O) groups excluding carboxylic acids is 1. The number of ether oxygens (including phenoxy) is 1. The second kappa shape index (κ2) is 6.93. The van der Waals surface area contributed by atoms with Crippen LogP contribution >= 0.6 is 0 Å². The molecule has 1 fully saturated rings. The highest BCUT2D eigenvalue weighted by Crippen LogP contribution is 2.23. The minimum Gasteiger partial charge on any atom is -0.374 e. The summed E-state index contributed by atoms with van der Waals surface area (Å²) in [6, 6.07) is 7.61. The molecule has 1 N–H and O–H groups in total. The first kappa shape index (κ1) is 15.7. The van der Waals surface area contributed by atoms with Gasteiger partial charge in [0.1, 0.15) is 0 Å². The molecular formula is C17H22N4O2. The SMILES string of the molecule is CN1CCOC(CN(C)C(=O)c2ccccc2-c2cn[nH]c2)C1. The maximum atomic E-state index is 12.8. The van der Waals surface area contributed by atoms with Crippen LogP contribution < -0.4 is 0 Å². The maximum absolute atomic E-state index is 12.8. The largest absolute Gasteiger partial charge is 0.374 e. The Labute approximate surface area is 136 Å². The van der Waals surface area contributed by atoms with Crippen LogP contribution in [0.25, 0.3) is 11.1 Å². The van der Waals surface area contributed by atoms with E-state index in [9.17, 15) is 4.79 Å². The average Bonchev–Trinajstić information content (AvgIpc) is 3.08. The standard InChI is InChI=1S/C17H22N4O2/c1-20-7-8-23-14(11-20)12-21(2)17(22)16-6-4-3-5-15(16)13-9-18-19-10-13/h3-6,9-10,14H,7-8,11-12H2,1-2H3,(H,18,19). The summed E-state index contributed by atoms with van der Waals surface area (Å²) in [6.45, 7) is 3.09. The van der Waals surface area contributed by atoms with Gasteiger partial charge in [0.2, 0.25) is 0 Å². The lowest BCUT2D eigenvalue weighted by molar-refractivity contribution is -0.0301. The van der Waals surface area contributed by atoms with Gasteiger partial charge in [-0.15, -0.1) is 0 Å². The molecule has 3 rings (SSSR count). The number of nitrogens with zero attached hydrogens (tertiary/aromatic N) is 3. The molecule has 23 heavy (non-hydrogen) atoms. The third-order valence-corrected chi connectivity index (χ3v) is 4.13. The van der Waals surface area contributed by atoms with Gasteiger partial charge in [-0.3, -0.25) is 9.89 Å². The smallest absolute Gasteiger partial charge is 0.254 e. The zero-order valence-corrected chi connectivity index (χ0v) is 13.5. The predicted molar refractivity (Wildman–Crippen MR) is 88.2 cm³/mol. The number of rotatable bonds is 4. The van der Waals surface area contributed by atoms with Gasteiger partial charge in [-0.25, -0.2) is 0 Å². The van der Waals surface area contributed by atoms with Crippen molar-refractivity contribution in [1.29, 1.82) is 0 Å². The number of aromatic amines is 1. The van der Waals surface area contributed by atoms with E-state index < -0.39 is 0 Å². The molecule has 1 aliphatic rings. The summed E-state index contributed by atoms with van der Waals surface area (Å²) in [5.74, 6) is -0.00127. The van der Waals surface area contributed by atoms with E-state index in [2.05, 4.69) is 22.1 Å². The topological polar surface area (TPSA) is 61.5 Å². The summed E-state index contributed by atoms with van der Waals surface area (Å²) < 4.78 is 5.76. The van der Waals surface area contributed by atoms with Crippen LogP contribution in [0.5, 0.6) is 0 Å². The number of carbonyl (C=O) groups is 1. The molecular weight excluding hydrogens is 292 g/mol. The molecule has 1 saturated heterocycles. The molecule has 1 aliphatic heterocycles. The number of benzene rings is 1. The van der Waals surface area contributed by atoms with Crippen LogP contribution in [0.1, 0.15) is 10.4 Å². The lowest BCUT2D eigenvalue weighted by atomic mass is 10.0. The summed E-state index contributed by atoms with van der Waals surface area (Å²) in [6.07, 6.45) is 3.58. The summed E-state index contributed by atoms with van der Waals surface area (Å²) in [7, 11) is 3.90. The van der Waals surface area contributed by atoms with Crippen molar-refractivity contribution in [2.24, 2.45) is 0 Å². The third kappa shape index (κ3) is 3.60. The first-order valence-electron chi connectivity index (χ1n) is 7.79. The van der Waals surface area contributed by atoms with Crippen LogP contribution in [0.4, 0.5) is 0 Å². The van der Waals surface area contributed by atoms with Crippen LogP contribution in [0.3, 0.4) is 0 Å². The van der Waals surface area contributed by atoms with Crippen molar-refractivity contribution in [3.8, 4) is 11.1 Å². The molecule has 1 aromatic carbocycles. The molecule has 6 nitrogen and oxygen atoms in total. The molecule has 1 aromatic heterocycles. The molecule has 6 heteroatoms. The Morgan fingerprint density at radius 1 is 1.48 bits per heavy atom. The fourth-order valence-electron chi connectivity index (χ4n) is 2.89. The number of morpholine rings is 1. The second-order valence-corrected chi connectivity index (χ2v) is 5.97. The Morgan fingerprint density at radius 3 is 3.04 bits per heavy atom. The van der Waals surface area contributed by atoms with Gasteiger partial charge in [-0.05, 0) is 18.7 Å². The second-order valence-electron chi connectivity index (χ2n) is 5.97. The Bertz CT molecular complexity index is 656. The highest BCUT2D eigenvalue weighted by Gasteiger charge is 2.23. The molecule has 2 heterocycles. The highest BCUT2D eigenvalue weighted by atomic mass is 16.5. The molecule has 0 aliphatic carbocycles. The van der Waals surface area contributed by atoms with Crippen LogP contribution in [0, 0.1) is 0 Å². The van der Waals surface area contributed by atoms with Crippen LogP contribution in [0.2, 0.25) is 0 Å². The zero-order valence-electron chi connectivity index (χ0n) is 13.5. The number of H-pyrrole nitrogens is 1. The fourth-order valence-corrected chi connectivity index (χ4v) is 2.89. The predicted octanol–water partition coefficient (Wildman–Crippen LogP) is 1.48. The molecule has 0 spiro atoms. The van der Waals surface area contributed by atoms with Gasteiger partial charge >= 0.3 is 0 Å². The molecule has 0 bridgehead atoms. The molecule has 0 saturated carbocycles. The zero-order chi connectivity index (χ0) is 16.2. The Morgan fingerprint density at radius 2 is 2.30 bits per heavy atom. The van der Waals surface area contributed by atoms with E-state index in [1.807, 2.05) is 31.3 Å². The number of amides is 1. The Balaban J connectivity index is 1.75. The molecule has 122 valence electrons. The van der Waals surface area contributed by atoms with Gasteiger partial charge in [-0.1, -0.05) is 18.2 Å². The minimum atomic E-state index is -0.00127. The van der Waals surface area contributed by atoms with Gasteiger partial charge in [0.25, 0.3) is 5.91 Å². The van der Waals surface area contributed by atoms with Crippen molar-refractivity contribution in [3.63, 3.8) is 0 Å². The number of nitrogens with one attached hydrogen (secondary N) is 1. The van der Waals surface area contributed by atoms with Crippen molar-refractivity contribution in [3.05, 3.63) is 42.2 Å². The van der Waals surface area contributed by atoms with Gasteiger partial charge in [0.05, 0.1) is 18.9 Å². The summed E-state index contributed by atoms with van der Waals surface area (Å²) in [5.41, 5.74) is 2.48. The third-order valence-electron chi connectivity index (χ3n) is 4.13. The summed E-state index contributed by atoms with van der Waals surface area (Å²) in [5, 5.41) is 6.76. The Kier molecular flexibility index (Phi) is 4.73. The van der Waals surface area contributed by atoms with E-state index in [0.717, 1.165) is 30.8 Å². The van der Waals surface area contributed by atoms with Crippen molar-refractivity contribution < 1.29 is 9.53 Å². The summed E-state index contributed by atoms with van der Waals surface area (Å²) in [4.78, 5) is 16.8. The van der Waals surface area contributed by atoms with Crippen molar-refractivity contribution in [1.82, 2.24) is 20.0 Å². The average molecular weight is 314 g/mol. The fraction of sp³-hybridized carbons (Fsp3) is 0.412. The monoisotopic (exact) mass is 314 g/mol. The number of hydrogen-bond donors (Lipinski definition) is 1. The van der Waals surface area contributed by atoms with Gasteiger partial charge in [-0.2, -0.15) is 5.10 Å². The van der Waals surface area contributed by atoms with Crippen LogP contribution in [0.15, 0.2) is 36.7 Å². The van der Waals surface area contributed by atoms with E-state index in [1.54, 1.807) is 17.3 Å². The molecule has 1 amide bonds. The normalized spacial score (nSPS) is 18.8. The van der Waals surface area contributed by atoms with E-state index in [0.29, 0.717) is 12.1 Å². The maximum Gasteiger partial charge on any atom is 0.254 e. The van der Waals surface area contributed by atoms with E-state index in [4.69, 9.17) is 4.74 Å². The quantitative estimate of drug-likeness (QED) is 0.928. The van der Waals surface area contributed by atoms with Gasteiger partial charge < -0.3 is 14.5 Å². The van der Waals surface area contributed by atoms with Gasteiger partial charge in [0.15, 0.2) is 0 Å².